The number of benzene rings is 1. The lowest BCUT2D eigenvalue weighted by atomic mass is 9.76. The summed E-state index contributed by atoms with van der Waals surface area (Å²) in [6.45, 7) is 6.70. The van der Waals surface area contributed by atoms with Crippen molar-refractivity contribution in [1.29, 1.82) is 0 Å². The van der Waals surface area contributed by atoms with E-state index in [1.807, 2.05) is 24.6 Å². The third kappa shape index (κ3) is 5.47. The quantitative estimate of drug-likeness (QED) is 0.292. The minimum atomic E-state index is -0.714. The number of aromatic nitrogens is 7. The molecule has 1 N–H and O–H groups in total. The largest absolute Gasteiger partial charge is 0.512 e. The number of aryl methyl sites for hydroxylation is 4. The van der Waals surface area contributed by atoms with E-state index in [1.54, 1.807) is 17.2 Å². The van der Waals surface area contributed by atoms with Crippen molar-refractivity contribution in [3.63, 3.8) is 0 Å². The summed E-state index contributed by atoms with van der Waals surface area (Å²) in [5.74, 6) is 0.801. The second-order valence-corrected chi connectivity index (χ2v) is 11.5. The molecule has 4 heterocycles. The van der Waals surface area contributed by atoms with Gasteiger partial charge >= 0.3 is 5.97 Å². The van der Waals surface area contributed by atoms with Crippen molar-refractivity contribution in [2.24, 2.45) is 5.92 Å². The first-order valence-corrected chi connectivity index (χ1v) is 14.6. The van der Waals surface area contributed by atoms with Crippen LogP contribution >= 0.6 is 0 Å². The van der Waals surface area contributed by atoms with E-state index in [0.717, 1.165) is 49.9 Å². The second-order valence-electron chi connectivity index (χ2n) is 11.5. The number of hydrogen-bond acceptors (Lipinski definition) is 8. The highest BCUT2D eigenvalue weighted by Crippen LogP contribution is 2.46. The molecule has 10 heteroatoms. The average Bonchev–Trinajstić information content (AvgIpc) is 3.73. The molecule has 1 aliphatic carbocycles. The van der Waals surface area contributed by atoms with Crippen LogP contribution in [0, 0.1) is 19.8 Å². The average molecular weight is 556 g/mol. The maximum absolute atomic E-state index is 13.5. The normalized spacial score (nSPS) is 19.8. The Morgan fingerprint density at radius 3 is 2.68 bits per heavy atom. The Labute approximate surface area is 239 Å². The monoisotopic (exact) mass is 555 g/mol. The van der Waals surface area contributed by atoms with Gasteiger partial charge in [0.25, 0.3) is 5.78 Å². The van der Waals surface area contributed by atoms with Gasteiger partial charge in [-0.2, -0.15) is 10.1 Å². The molecule has 1 saturated carbocycles. The van der Waals surface area contributed by atoms with Gasteiger partial charge in [0.05, 0.1) is 12.1 Å². The van der Waals surface area contributed by atoms with Crippen molar-refractivity contribution >= 4 is 11.7 Å². The molecule has 41 heavy (non-hydrogen) atoms. The number of hydrogen-bond donors (Lipinski definition) is 1. The van der Waals surface area contributed by atoms with Gasteiger partial charge in [-0.25, -0.2) is 24.0 Å². The third-order valence-corrected chi connectivity index (χ3v) is 8.74. The van der Waals surface area contributed by atoms with Gasteiger partial charge in [-0.1, -0.05) is 38.0 Å². The van der Waals surface area contributed by atoms with E-state index in [4.69, 9.17) is 4.74 Å². The molecule has 0 amide bonds. The van der Waals surface area contributed by atoms with Crippen molar-refractivity contribution < 1.29 is 14.6 Å². The van der Waals surface area contributed by atoms with Crippen LogP contribution in [0.2, 0.25) is 0 Å². The number of cyclic esters (lactones) is 1. The molecule has 214 valence electrons. The van der Waals surface area contributed by atoms with Crippen LogP contribution in [-0.4, -0.2) is 51.0 Å². The number of aliphatic hydroxyl groups excluding tert-OH is 1. The van der Waals surface area contributed by atoms with Gasteiger partial charge in [-0.3, -0.25) is 0 Å². The highest BCUT2D eigenvalue weighted by atomic mass is 16.6. The number of fused-ring (bicyclic) bond motifs is 1. The molecule has 1 atom stereocenters. The van der Waals surface area contributed by atoms with Crippen LogP contribution in [0.4, 0.5) is 0 Å². The molecule has 0 saturated heterocycles. The summed E-state index contributed by atoms with van der Waals surface area (Å²) < 4.78 is 9.85. The lowest BCUT2D eigenvalue weighted by Gasteiger charge is -2.41. The molecule has 1 aliphatic heterocycles. The molecule has 4 aromatic rings. The summed E-state index contributed by atoms with van der Waals surface area (Å²) in [5.41, 5.74) is 5.00. The molecule has 1 fully saturated rings. The summed E-state index contributed by atoms with van der Waals surface area (Å²) >= 11 is 0. The molecule has 6 rings (SSSR count). The number of rotatable bonds is 9. The van der Waals surface area contributed by atoms with E-state index in [9.17, 15) is 9.90 Å². The minimum absolute atomic E-state index is 0.102. The van der Waals surface area contributed by atoms with Crippen LogP contribution in [0.15, 0.2) is 48.3 Å². The van der Waals surface area contributed by atoms with Crippen LogP contribution in [0.3, 0.4) is 0 Å². The van der Waals surface area contributed by atoms with Crippen molar-refractivity contribution in [2.45, 2.75) is 90.7 Å². The summed E-state index contributed by atoms with van der Waals surface area (Å²) in [5, 5.41) is 20.1. The Hall–Kier alpha value is -4.08. The Morgan fingerprint density at radius 1 is 1.12 bits per heavy atom. The molecular formula is C31H37N7O3. The molecule has 3 aromatic heterocycles. The molecule has 2 aliphatic rings. The predicted molar refractivity (Wildman–Crippen MR) is 152 cm³/mol. The summed E-state index contributed by atoms with van der Waals surface area (Å²) in [6.07, 6.45) is 10.3. The fourth-order valence-electron chi connectivity index (χ4n) is 6.59. The minimum Gasteiger partial charge on any atom is -0.512 e. The second kappa shape index (κ2) is 11.1. The van der Waals surface area contributed by atoms with Gasteiger partial charge in [0.1, 0.15) is 24.0 Å². The Morgan fingerprint density at radius 2 is 1.95 bits per heavy atom. The highest BCUT2D eigenvalue weighted by molar-refractivity contribution is 5.90. The first kappa shape index (κ1) is 27.1. The number of carbonyl (C=O) groups is 1. The van der Waals surface area contributed by atoms with Crippen LogP contribution in [0.25, 0.3) is 5.78 Å². The van der Waals surface area contributed by atoms with Crippen molar-refractivity contribution in [3.05, 3.63) is 82.2 Å². The van der Waals surface area contributed by atoms with Gasteiger partial charge in [0.2, 0.25) is 0 Å². The zero-order valence-corrected chi connectivity index (χ0v) is 24.0. The van der Waals surface area contributed by atoms with Crippen LogP contribution in [0.1, 0.15) is 79.4 Å². The molecule has 0 radical (unpaired) electrons. The first-order chi connectivity index (χ1) is 19.8. The molecule has 0 spiro atoms. The fraction of sp³-hybridized carbons (Fsp3) is 0.484. The number of nitrogens with zero attached hydrogens (tertiary/aromatic N) is 7. The molecule has 10 nitrogen and oxygen atoms in total. The maximum atomic E-state index is 13.5. The Balaban J connectivity index is 1.23. The van der Waals surface area contributed by atoms with Gasteiger partial charge in [0.15, 0.2) is 5.82 Å². The Bertz CT molecular complexity index is 1600. The van der Waals surface area contributed by atoms with Gasteiger partial charge in [-0.15, -0.1) is 5.10 Å². The summed E-state index contributed by atoms with van der Waals surface area (Å²) in [4.78, 5) is 26.5. The van der Waals surface area contributed by atoms with Gasteiger partial charge < -0.3 is 9.84 Å². The number of carbonyl (C=O) groups excluding carboxylic acids is 1. The fourth-order valence-corrected chi connectivity index (χ4v) is 6.59. The highest BCUT2D eigenvalue weighted by Gasteiger charge is 2.48. The van der Waals surface area contributed by atoms with Crippen molar-refractivity contribution in [3.8, 4) is 0 Å². The molecule has 1 aromatic carbocycles. The SMILES string of the molecule is CCc1cc(CCC2(C3CCCC3)CC(O)=C(Cc3nc4nc(C)cc(C)n4n3)C(=O)O2)ccc1Cn1cncn1. The van der Waals surface area contributed by atoms with E-state index in [0.29, 0.717) is 31.0 Å². The Kier molecular flexibility index (Phi) is 7.32. The van der Waals surface area contributed by atoms with Gasteiger partial charge in [-0.05, 0) is 74.6 Å². The van der Waals surface area contributed by atoms with E-state index < -0.39 is 11.6 Å². The smallest absolute Gasteiger partial charge is 0.338 e. The first-order valence-electron chi connectivity index (χ1n) is 14.6. The van der Waals surface area contributed by atoms with Gasteiger partial charge in [0, 0.05) is 24.2 Å². The van der Waals surface area contributed by atoms with E-state index in [2.05, 4.69) is 50.3 Å². The number of esters is 1. The van der Waals surface area contributed by atoms with Crippen LogP contribution < -0.4 is 0 Å². The van der Waals surface area contributed by atoms with Crippen molar-refractivity contribution in [1.82, 2.24) is 34.3 Å². The number of aliphatic hydroxyl groups is 1. The maximum Gasteiger partial charge on any atom is 0.338 e. The lowest BCUT2D eigenvalue weighted by Crippen LogP contribution is -2.46. The van der Waals surface area contributed by atoms with E-state index >= 15 is 0 Å². The molecule has 0 bridgehead atoms. The molecule has 1 unspecified atom stereocenters. The zero-order chi connectivity index (χ0) is 28.6. The standard InChI is InChI=1S/C31H37N7O3/c1-4-23-14-22(9-10-24(23)17-37-19-32-18-33-37)11-12-31(25-7-5-6-8-25)16-27(39)26(29(40)41-31)15-28-35-30-34-20(2)13-21(3)38(30)36-28/h9-10,13-14,18-19,25,39H,4-8,11-12,15-17H2,1-3H3. The number of ether oxygens (including phenoxy) is 1. The van der Waals surface area contributed by atoms with E-state index in [-0.39, 0.29) is 23.7 Å². The zero-order valence-electron chi connectivity index (χ0n) is 24.0. The summed E-state index contributed by atoms with van der Waals surface area (Å²) in [6, 6.07) is 8.51. The third-order valence-electron chi connectivity index (χ3n) is 8.74. The van der Waals surface area contributed by atoms with Crippen LogP contribution in [0.5, 0.6) is 0 Å². The predicted octanol–water partition coefficient (Wildman–Crippen LogP) is 4.81. The van der Waals surface area contributed by atoms with Crippen LogP contribution in [-0.2, 0) is 35.3 Å². The summed E-state index contributed by atoms with van der Waals surface area (Å²) in [7, 11) is 0. The topological polar surface area (TPSA) is 120 Å². The molecular weight excluding hydrogens is 518 g/mol. The van der Waals surface area contributed by atoms with Crippen molar-refractivity contribution in [2.75, 3.05) is 0 Å². The van der Waals surface area contributed by atoms with E-state index in [1.165, 1.54) is 16.7 Å². The lowest BCUT2D eigenvalue weighted by molar-refractivity contribution is -0.167.